The maximum atomic E-state index is 13.8. The van der Waals surface area contributed by atoms with E-state index in [4.69, 9.17) is 4.74 Å². The van der Waals surface area contributed by atoms with Crippen LogP contribution in [-0.2, 0) is 0 Å². The Labute approximate surface area is 164 Å². The molecule has 1 aliphatic rings. The van der Waals surface area contributed by atoms with E-state index in [0.29, 0.717) is 29.1 Å². The molecule has 0 aliphatic heterocycles. The van der Waals surface area contributed by atoms with Crippen molar-refractivity contribution in [3.05, 3.63) is 58.6 Å². The lowest BCUT2D eigenvalue weighted by molar-refractivity contribution is 0.0961. The van der Waals surface area contributed by atoms with Crippen LogP contribution in [0.4, 0.5) is 4.39 Å². The molecular weight excluding hydrogens is 381 g/mol. The Morgan fingerprint density at radius 3 is 2.75 bits per heavy atom. The lowest BCUT2D eigenvalue weighted by Gasteiger charge is -2.11. The second-order valence-corrected chi connectivity index (χ2v) is 7.44. The molecule has 0 spiro atoms. The van der Waals surface area contributed by atoms with Crippen LogP contribution in [0, 0.1) is 11.7 Å². The Kier molecular flexibility index (Phi) is 4.95. The van der Waals surface area contributed by atoms with Gasteiger partial charge in [-0.1, -0.05) is 6.07 Å². The van der Waals surface area contributed by atoms with Gasteiger partial charge < -0.3 is 4.74 Å². The van der Waals surface area contributed by atoms with Crippen molar-refractivity contribution in [1.29, 1.82) is 0 Å². The summed E-state index contributed by atoms with van der Waals surface area (Å²) in [5, 5.41) is 0. The first-order chi connectivity index (χ1) is 13.5. The van der Waals surface area contributed by atoms with Crippen LogP contribution in [0.1, 0.15) is 51.6 Å². The average molecular weight is 397 g/mol. The van der Waals surface area contributed by atoms with Gasteiger partial charge in [0, 0.05) is 11.5 Å². The minimum Gasteiger partial charge on any atom is -0.468 e. The molecular formula is C20H16FN3O3S. The molecule has 1 saturated carbocycles. The summed E-state index contributed by atoms with van der Waals surface area (Å²) in [6, 6.07) is 6.17. The van der Waals surface area contributed by atoms with E-state index in [-0.39, 0.29) is 23.4 Å². The van der Waals surface area contributed by atoms with Crippen molar-refractivity contribution in [3.8, 4) is 17.1 Å². The molecule has 3 aromatic rings. The molecule has 1 atom stereocenters. The topological polar surface area (TPSA) is 82.0 Å². The highest BCUT2D eigenvalue weighted by Gasteiger charge is 2.31. The van der Waals surface area contributed by atoms with E-state index in [1.807, 2.05) is 13.0 Å². The normalized spacial score (nSPS) is 14.5. The number of ketones is 1. The zero-order valence-electron chi connectivity index (χ0n) is 15.0. The van der Waals surface area contributed by atoms with Crippen molar-refractivity contribution in [2.75, 3.05) is 0 Å². The second-order valence-electron chi connectivity index (χ2n) is 6.61. The third-order valence-electron chi connectivity index (χ3n) is 4.48. The van der Waals surface area contributed by atoms with E-state index in [1.165, 1.54) is 36.1 Å². The van der Waals surface area contributed by atoms with Crippen molar-refractivity contribution >= 4 is 23.6 Å². The minimum atomic E-state index is -0.581. The predicted molar refractivity (Wildman–Crippen MR) is 101 cm³/mol. The summed E-state index contributed by atoms with van der Waals surface area (Å²) in [5.41, 5.74) is 1.56. The van der Waals surface area contributed by atoms with Gasteiger partial charge in [-0.05, 0) is 49.5 Å². The van der Waals surface area contributed by atoms with Gasteiger partial charge in [-0.15, -0.1) is 0 Å². The highest BCUT2D eigenvalue weighted by atomic mass is 32.1. The molecule has 142 valence electrons. The monoisotopic (exact) mass is 397 g/mol. The van der Waals surface area contributed by atoms with E-state index in [1.54, 1.807) is 6.07 Å². The van der Waals surface area contributed by atoms with Gasteiger partial charge >= 0.3 is 0 Å². The molecule has 0 amide bonds. The average Bonchev–Trinajstić information content (AvgIpc) is 3.44. The fourth-order valence-corrected chi connectivity index (χ4v) is 3.42. The van der Waals surface area contributed by atoms with Crippen LogP contribution < -0.4 is 4.74 Å². The summed E-state index contributed by atoms with van der Waals surface area (Å²) >= 11 is 1.24. The van der Waals surface area contributed by atoms with Crippen LogP contribution in [0.5, 0.6) is 5.88 Å². The van der Waals surface area contributed by atoms with Crippen LogP contribution in [0.3, 0.4) is 0 Å². The van der Waals surface area contributed by atoms with Crippen molar-refractivity contribution < 1.29 is 18.7 Å². The lowest BCUT2D eigenvalue weighted by atomic mass is 10.1. The van der Waals surface area contributed by atoms with Crippen molar-refractivity contribution in [2.45, 2.75) is 25.9 Å². The van der Waals surface area contributed by atoms with Crippen molar-refractivity contribution in [3.63, 3.8) is 0 Å². The van der Waals surface area contributed by atoms with E-state index in [9.17, 15) is 14.0 Å². The summed E-state index contributed by atoms with van der Waals surface area (Å²) in [6.45, 7) is 1.85. The molecule has 4 rings (SSSR count). The fourth-order valence-electron chi connectivity index (χ4n) is 2.70. The zero-order valence-corrected chi connectivity index (χ0v) is 15.8. The van der Waals surface area contributed by atoms with Gasteiger partial charge in [0.2, 0.25) is 5.88 Å². The van der Waals surface area contributed by atoms with Gasteiger partial charge in [0.15, 0.2) is 12.1 Å². The van der Waals surface area contributed by atoms with Crippen molar-refractivity contribution in [1.82, 2.24) is 14.3 Å². The number of hydrogen-bond donors (Lipinski definition) is 0. The smallest absolute Gasteiger partial charge is 0.232 e. The molecule has 1 aromatic carbocycles. The van der Waals surface area contributed by atoms with Gasteiger partial charge in [-0.25, -0.2) is 14.4 Å². The van der Waals surface area contributed by atoms with Crippen LogP contribution in [0.2, 0.25) is 0 Å². The van der Waals surface area contributed by atoms with Gasteiger partial charge in [0.05, 0.1) is 28.5 Å². The zero-order chi connectivity index (χ0) is 19.7. The number of benzene rings is 1. The lowest BCUT2D eigenvalue weighted by Crippen LogP contribution is -2.07. The van der Waals surface area contributed by atoms with Gasteiger partial charge in [0.25, 0.3) is 0 Å². The first-order valence-electron chi connectivity index (χ1n) is 8.80. The maximum absolute atomic E-state index is 13.8. The minimum absolute atomic E-state index is 0.0121. The van der Waals surface area contributed by atoms with Gasteiger partial charge in [-0.2, -0.15) is 4.37 Å². The van der Waals surface area contributed by atoms with Crippen LogP contribution in [0.15, 0.2) is 36.7 Å². The molecule has 8 heteroatoms. The maximum Gasteiger partial charge on any atom is 0.232 e. The molecule has 0 radical (unpaired) electrons. The van der Waals surface area contributed by atoms with Crippen LogP contribution in [-0.4, -0.2) is 26.4 Å². The Morgan fingerprint density at radius 1 is 1.29 bits per heavy atom. The number of hydrogen-bond acceptors (Lipinski definition) is 7. The number of halogens is 1. The third-order valence-corrected chi connectivity index (χ3v) is 5.43. The number of aldehydes is 1. The third kappa shape index (κ3) is 3.82. The summed E-state index contributed by atoms with van der Waals surface area (Å²) < 4.78 is 23.9. The molecule has 1 aliphatic carbocycles. The van der Waals surface area contributed by atoms with Crippen LogP contribution >= 0.6 is 11.5 Å². The molecule has 0 N–H and O–H groups in total. The van der Waals surface area contributed by atoms with Gasteiger partial charge in [-0.3, -0.25) is 9.59 Å². The highest BCUT2D eigenvalue weighted by Crippen LogP contribution is 2.32. The Balaban J connectivity index is 1.45. The summed E-state index contributed by atoms with van der Waals surface area (Å²) in [4.78, 5) is 31.8. The molecule has 1 unspecified atom stereocenters. The Morgan fingerprint density at radius 2 is 2.11 bits per heavy atom. The van der Waals surface area contributed by atoms with Crippen molar-refractivity contribution in [2.24, 2.45) is 5.92 Å². The number of ether oxygens (including phenoxy) is 1. The molecule has 28 heavy (non-hydrogen) atoms. The number of nitrogens with zero attached hydrogens (tertiary/aromatic N) is 3. The van der Waals surface area contributed by atoms with E-state index < -0.39 is 5.82 Å². The highest BCUT2D eigenvalue weighted by molar-refractivity contribution is 7.06. The standard InChI is InChI=1S/C20H16FN3O3S/c1-11(27-19-9-22-17(8-23-19)20(26)12-2-3-12)18-7-16(24-28-18)13-4-5-14(10-25)15(21)6-13/h4-12H,2-3H2,1H3. The summed E-state index contributed by atoms with van der Waals surface area (Å²) in [6.07, 6.45) is 4.87. The molecule has 2 aromatic heterocycles. The largest absolute Gasteiger partial charge is 0.468 e. The second kappa shape index (κ2) is 7.55. The first kappa shape index (κ1) is 18.4. The number of carbonyl (C=O) groups excluding carboxylic acids is 2. The number of carbonyl (C=O) groups is 2. The predicted octanol–water partition coefficient (Wildman–Crippen LogP) is 4.28. The molecule has 6 nitrogen and oxygen atoms in total. The van der Waals surface area contributed by atoms with Crippen LogP contribution in [0.25, 0.3) is 11.3 Å². The quantitative estimate of drug-likeness (QED) is 0.437. The fraction of sp³-hybridized carbons (Fsp3) is 0.250. The first-order valence-corrected chi connectivity index (χ1v) is 9.57. The Bertz CT molecular complexity index is 1030. The van der Waals surface area contributed by atoms with E-state index >= 15 is 0 Å². The van der Waals surface area contributed by atoms with E-state index in [2.05, 4.69) is 14.3 Å². The molecule has 1 fully saturated rings. The number of Topliss-reactive ketones (excluding diaryl/α,β-unsaturated/α-hetero) is 1. The molecule has 0 bridgehead atoms. The summed E-state index contributed by atoms with van der Waals surface area (Å²) in [5.74, 6) is -0.133. The van der Waals surface area contributed by atoms with E-state index in [0.717, 1.165) is 17.7 Å². The summed E-state index contributed by atoms with van der Waals surface area (Å²) in [7, 11) is 0. The SMILES string of the molecule is CC(Oc1cnc(C(=O)C2CC2)cn1)c1cc(-c2ccc(C=O)c(F)c2)ns1. The van der Waals surface area contributed by atoms with Gasteiger partial charge in [0.1, 0.15) is 17.6 Å². The molecule has 0 saturated heterocycles. The number of rotatable bonds is 7. The Hall–Kier alpha value is -3.00. The number of aromatic nitrogens is 3. The molecule has 2 heterocycles.